The molecule has 0 fully saturated rings. The van der Waals surface area contributed by atoms with Crippen LogP contribution in [0, 0.1) is 11.8 Å². The molecular weight excluding hydrogens is 613 g/mol. The Balaban J connectivity index is 1.70. The standard InChI is InChI=1S/C33H38BClN3O8/c1-5-13-44-30-17-28(37-38(30)4)31(41)36-26(14-22-9-11-23(12-10-22)24-7-6-8-25(35)15-24)16-29(40)33(43)46-20-45-32(42)27(21(2)3)18-34-19-39/h5-12,15,17,19,21,26-27,29,40H,1,13-14,16,18,20H2,2-4H3,(H,36,41)/t26-,27?,29-/m1/s1. The number of hydrogen-bond acceptors (Lipinski definition) is 9. The third kappa shape index (κ3) is 10.9. The topological polar surface area (TPSA) is 146 Å². The number of halogens is 1. The summed E-state index contributed by atoms with van der Waals surface area (Å²) in [6.07, 6.45) is 0.772. The van der Waals surface area contributed by atoms with Crippen LogP contribution >= 0.6 is 11.6 Å². The van der Waals surface area contributed by atoms with E-state index in [1.54, 1.807) is 33.0 Å². The van der Waals surface area contributed by atoms with E-state index in [9.17, 15) is 24.3 Å². The zero-order valence-electron chi connectivity index (χ0n) is 26.1. The fourth-order valence-electron chi connectivity index (χ4n) is 4.64. The Morgan fingerprint density at radius 3 is 2.46 bits per heavy atom. The molecule has 1 radical (unpaired) electrons. The van der Waals surface area contributed by atoms with Gasteiger partial charge in [0.25, 0.3) is 5.91 Å². The van der Waals surface area contributed by atoms with Crippen LogP contribution in [0.1, 0.15) is 36.3 Å². The van der Waals surface area contributed by atoms with Crippen LogP contribution in [0.4, 0.5) is 0 Å². The molecule has 3 atom stereocenters. The van der Waals surface area contributed by atoms with Gasteiger partial charge in [-0.25, -0.2) is 9.48 Å². The van der Waals surface area contributed by atoms with Crippen LogP contribution in [0.25, 0.3) is 11.1 Å². The van der Waals surface area contributed by atoms with Gasteiger partial charge >= 0.3 is 11.9 Å². The molecule has 0 bridgehead atoms. The van der Waals surface area contributed by atoms with Gasteiger partial charge in [0.2, 0.25) is 12.7 Å². The fourth-order valence-corrected chi connectivity index (χ4v) is 4.83. The van der Waals surface area contributed by atoms with E-state index >= 15 is 0 Å². The molecule has 3 aromatic rings. The molecule has 0 spiro atoms. The highest BCUT2D eigenvalue weighted by Crippen LogP contribution is 2.24. The molecule has 46 heavy (non-hydrogen) atoms. The smallest absolute Gasteiger partial charge is 0.337 e. The number of aryl methyl sites for hydroxylation is 1. The van der Waals surface area contributed by atoms with Crippen molar-refractivity contribution in [1.82, 2.24) is 15.1 Å². The third-order valence-electron chi connectivity index (χ3n) is 7.12. The second kappa shape index (κ2) is 17.9. The maximum atomic E-state index is 13.2. The summed E-state index contributed by atoms with van der Waals surface area (Å²) in [6.45, 7) is 6.74. The lowest BCUT2D eigenvalue weighted by Gasteiger charge is -2.21. The Bertz CT molecular complexity index is 1490. The molecule has 11 nitrogen and oxygen atoms in total. The molecule has 0 aliphatic heterocycles. The largest absolute Gasteiger partial charge is 0.474 e. The van der Waals surface area contributed by atoms with Gasteiger partial charge in [-0.05, 0) is 41.2 Å². The zero-order valence-corrected chi connectivity index (χ0v) is 26.8. The molecule has 3 rings (SSSR count). The summed E-state index contributed by atoms with van der Waals surface area (Å²) >= 11 is 6.14. The predicted octanol–water partition coefficient (Wildman–Crippen LogP) is 4.03. The van der Waals surface area contributed by atoms with Crippen LogP contribution in [0.5, 0.6) is 5.88 Å². The maximum absolute atomic E-state index is 13.2. The van der Waals surface area contributed by atoms with E-state index in [0.29, 0.717) is 17.1 Å². The van der Waals surface area contributed by atoms with E-state index in [0.717, 1.165) is 16.7 Å². The minimum absolute atomic E-state index is 0.0818. The third-order valence-corrected chi connectivity index (χ3v) is 7.36. The Hall–Kier alpha value is -4.42. The van der Waals surface area contributed by atoms with Gasteiger partial charge in [-0.2, -0.15) is 5.10 Å². The number of amides is 1. The van der Waals surface area contributed by atoms with Gasteiger partial charge in [-0.3, -0.25) is 9.59 Å². The van der Waals surface area contributed by atoms with Gasteiger partial charge in [0.1, 0.15) is 6.61 Å². The number of nitrogens with one attached hydrogen (secondary N) is 1. The number of nitrogens with zero attached hydrogens (tertiary/aromatic N) is 2. The van der Waals surface area contributed by atoms with Gasteiger partial charge in [0, 0.05) is 30.6 Å². The number of hydrogen-bond donors (Lipinski definition) is 2. The van der Waals surface area contributed by atoms with Crippen molar-refractivity contribution in [2.75, 3.05) is 13.4 Å². The molecule has 0 aliphatic carbocycles. The van der Waals surface area contributed by atoms with Crippen molar-refractivity contribution < 1.29 is 38.5 Å². The summed E-state index contributed by atoms with van der Waals surface area (Å²) in [7, 11) is 2.95. The fraction of sp³-hybridized carbons (Fsp3) is 0.364. The van der Waals surface area contributed by atoms with Gasteiger partial charge in [-0.15, -0.1) is 0 Å². The lowest BCUT2D eigenvalue weighted by atomic mass is 9.69. The number of aliphatic hydroxyl groups excluding tert-OH is 1. The Labute approximate surface area is 274 Å². The zero-order chi connectivity index (χ0) is 33.6. The second-order valence-electron chi connectivity index (χ2n) is 10.9. The van der Waals surface area contributed by atoms with Crippen LogP contribution in [0.15, 0.2) is 67.3 Å². The Morgan fingerprint density at radius 2 is 1.80 bits per heavy atom. The first kappa shape index (κ1) is 36.1. The van der Waals surface area contributed by atoms with Gasteiger partial charge < -0.3 is 29.4 Å². The quantitative estimate of drug-likeness (QED) is 0.0685. The van der Waals surface area contributed by atoms with E-state index in [1.807, 2.05) is 42.5 Å². The number of aliphatic hydroxyl groups is 1. The molecular formula is C33H38BClN3O8. The van der Waals surface area contributed by atoms with Crippen LogP contribution in [-0.2, 0) is 37.3 Å². The molecule has 1 amide bonds. The minimum atomic E-state index is -1.64. The van der Waals surface area contributed by atoms with E-state index in [2.05, 4.69) is 17.0 Å². The molecule has 0 saturated carbocycles. The van der Waals surface area contributed by atoms with Gasteiger partial charge in [0.15, 0.2) is 19.1 Å². The highest BCUT2D eigenvalue weighted by atomic mass is 35.5. The van der Waals surface area contributed by atoms with Crippen LogP contribution < -0.4 is 10.1 Å². The lowest BCUT2D eigenvalue weighted by molar-refractivity contribution is -0.176. The van der Waals surface area contributed by atoms with Crippen LogP contribution in [0.3, 0.4) is 0 Å². The molecule has 1 aromatic heterocycles. The SMILES string of the molecule is C=CCOc1cc(C(=O)N[C@H](Cc2ccc(-c3cccc(Cl)c3)cc2)C[C@@H](O)C(=O)OCOC(=O)C(C[B]C=O)C(C)C)nn1C. The van der Waals surface area contributed by atoms with Crippen molar-refractivity contribution in [2.45, 2.75) is 45.2 Å². The molecule has 1 heterocycles. The monoisotopic (exact) mass is 650 g/mol. The average molecular weight is 651 g/mol. The number of esters is 2. The normalized spacial score (nSPS) is 12.8. The van der Waals surface area contributed by atoms with Crippen molar-refractivity contribution in [2.24, 2.45) is 18.9 Å². The van der Waals surface area contributed by atoms with E-state index in [-0.39, 0.29) is 37.4 Å². The second-order valence-corrected chi connectivity index (χ2v) is 11.4. The summed E-state index contributed by atoms with van der Waals surface area (Å²) < 4.78 is 17.0. The minimum Gasteiger partial charge on any atom is -0.474 e. The summed E-state index contributed by atoms with van der Waals surface area (Å²) in [5.74, 6) is -2.54. The predicted molar refractivity (Wildman–Crippen MR) is 174 cm³/mol. The molecule has 243 valence electrons. The summed E-state index contributed by atoms with van der Waals surface area (Å²) in [4.78, 5) is 48.9. The van der Waals surface area contributed by atoms with Crippen molar-refractivity contribution >= 4 is 42.9 Å². The van der Waals surface area contributed by atoms with Crippen molar-refractivity contribution in [3.05, 3.63) is 83.5 Å². The molecule has 1 unspecified atom stereocenters. The average Bonchev–Trinajstić information content (AvgIpc) is 3.40. The number of carbonyl (C=O) groups is 4. The first-order valence-corrected chi connectivity index (χ1v) is 15.1. The number of carbonyl (C=O) groups excluding carboxylic acids is 4. The molecule has 2 N–H and O–H groups in total. The molecule has 2 aromatic carbocycles. The number of benzene rings is 2. The number of ether oxygens (including phenoxy) is 3. The summed E-state index contributed by atoms with van der Waals surface area (Å²) in [6, 6.07) is 15.8. The Kier molecular flexibility index (Phi) is 14.0. The lowest BCUT2D eigenvalue weighted by Crippen LogP contribution is -2.41. The van der Waals surface area contributed by atoms with Gasteiger partial charge in [0.05, 0.1) is 12.1 Å². The van der Waals surface area contributed by atoms with E-state index < -0.39 is 42.7 Å². The molecule has 0 aliphatic rings. The number of rotatable bonds is 18. The summed E-state index contributed by atoms with van der Waals surface area (Å²) in [5.41, 5.74) is 2.79. The van der Waals surface area contributed by atoms with Crippen molar-refractivity contribution in [1.29, 1.82) is 0 Å². The first-order valence-electron chi connectivity index (χ1n) is 14.7. The first-order chi connectivity index (χ1) is 22.0. The van der Waals surface area contributed by atoms with Gasteiger partial charge in [-0.1, -0.05) is 80.8 Å². The maximum Gasteiger partial charge on any atom is 0.337 e. The van der Waals surface area contributed by atoms with Crippen molar-refractivity contribution in [3.8, 4) is 17.0 Å². The highest BCUT2D eigenvalue weighted by molar-refractivity contribution is 6.66. The molecule has 0 saturated heterocycles. The van der Waals surface area contributed by atoms with E-state index in [4.69, 9.17) is 25.8 Å². The van der Waals surface area contributed by atoms with Crippen molar-refractivity contribution in [3.63, 3.8) is 0 Å². The number of aromatic nitrogens is 2. The highest BCUT2D eigenvalue weighted by Gasteiger charge is 2.27. The summed E-state index contributed by atoms with van der Waals surface area (Å²) in [5, 5.41) is 18.4. The van der Waals surface area contributed by atoms with Crippen LogP contribution in [0.2, 0.25) is 11.3 Å². The van der Waals surface area contributed by atoms with E-state index in [1.165, 1.54) is 18.0 Å². The Morgan fingerprint density at radius 1 is 1.09 bits per heavy atom. The van der Waals surface area contributed by atoms with Crippen LogP contribution in [-0.4, -0.2) is 71.7 Å². The molecule has 13 heteroatoms.